The second kappa shape index (κ2) is 4.44. The van der Waals surface area contributed by atoms with Crippen molar-refractivity contribution in [1.82, 2.24) is 4.90 Å². The molecule has 0 aromatic heterocycles. The van der Waals surface area contributed by atoms with Gasteiger partial charge in [-0.25, -0.2) is 0 Å². The first kappa shape index (κ1) is 13.2. The van der Waals surface area contributed by atoms with Crippen molar-refractivity contribution in [3.8, 4) is 0 Å². The Bertz CT molecular complexity index is 359. The molecule has 0 radical (unpaired) electrons. The molecule has 2 fully saturated rings. The number of carboxylic acid groups (broad SMARTS) is 1. The van der Waals surface area contributed by atoms with Crippen LogP contribution in [0.4, 0.5) is 13.2 Å². The molecule has 0 saturated heterocycles. The highest BCUT2D eigenvalue weighted by atomic mass is 19.4. The van der Waals surface area contributed by atoms with Crippen molar-refractivity contribution in [3.63, 3.8) is 0 Å². The number of rotatable bonds is 4. The first-order chi connectivity index (χ1) is 8.26. The predicted molar refractivity (Wildman–Crippen MR) is 54.6 cm³/mol. The molecule has 0 heterocycles. The maximum atomic E-state index is 12.3. The number of halogens is 3. The minimum absolute atomic E-state index is 0.414. The lowest BCUT2D eigenvalue weighted by atomic mass is 10.0. The average molecular weight is 265 g/mol. The molecule has 2 aliphatic rings. The number of carboxylic acids is 1. The van der Waals surface area contributed by atoms with Gasteiger partial charge in [-0.05, 0) is 31.1 Å². The van der Waals surface area contributed by atoms with Crippen LogP contribution in [0.15, 0.2) is 0 Å². The number of hydrogen-bond acceptors (Lipinski definition) is 2. The van der Waals surface area contributed by atoms with Crippen LogP contribution < -0.4 is 0 Å². The van der Waals surface area contributed by atoms with Gasteiger partial charge in [0.1, 0.15) is 13.1 Å². The number of carbonyl (C=O) groups is 2. The Morgan fingerprint density at radius 1 is 1.17 bits per heavy atom. The monoisotopic (exact) mass is 265 g/mol. The zero-order chi connectivity index (χ0) is 13.5. The zero-order valence-electron chi connectivity index (χ0n) is 9.61. The quantitative estimate of drug-likeness (QED) is 0.838. The van der Waals surface area contributed by atoms with Crippen molar-refractivity contribution in [1.29, 1.82) is 0 Å². The van der Waals surface area contributed by atoms with Crippen LogP contribution in [0.2, 0.25) is 0 Å². The summed E-state index contributed by atoms with van der Waals surface area (Å²) in [5, 5.41) is 8.57. The van der Waals surface area contributed by atoms with Crippen molar-refractivity contribution in [2.45, 2.75) is 25.4 Å². The highest BCUT2D eigenvalue weighted by molar-refractivity contribution is 5.83. The summed E-state index contributed by atoms with van der Waals surface area (Å²) in [6.07, 6.45) is -2.29. The van der Waals surface area contributed by atoms with E-state index in [1.165, 1.54) is 0 Å². The Morgan fingerprint density at radius 3 is 2.17 bits per heavy atom. The van der Waals surface area contributed by atoms with Crippen LogP contribution in [0.1, 0.15) is 19.3 Å². The minimum atomic E-state index is -4.56. The summed E-state index contributed by atoms with van der Waals surface area (Å²) in [7, 11) is 0. The molecule has 2 saturated carbocycles. The standard InChI is InChI=1S/C11H14F3NO3/c12-11(13,14)5-15(4-9(16)17)10(18)8-2-6-1-7(6)3-8/h6-8H,1-5H2,(H,16,17). The highest BCUT2D eigenvalue weighted by Gasteiger charge is 2.49. The van der Waals surface area contributed by atoms with Crippen LogP contribution in [-0.2, 0) is 9.59 Å². The molecule has 2 aliphatic carbocycles. The smallest absolute Gasteiger partial charge is 0.406 e. The van der Waals surface area contributed by atoms with Crippen LogP contribution in [0.5, 0.6) is 0 Å². The fraction of sp³-hybridized carbons (Fsp3) is 0.818. The second-order valence-electron chi connectivity index (χ2n) is 5.13. The zero-order valence-corrected chi connectivity index (χ0v) is 9.61. The Morgan fingerprint density at radius 2 is 1.72 bits per heavy atom. The summed E-state index contributed by atoms with van der Waals surface area (Å²) in [6.45, 7) is -2.37. The normalized spacial score (nSPS) is 29.8. The number of carbonyl (C=O) groups excluding carboxylic acids is 1. The van der Waals surface area contributed by atoms with E-state index in [9.17, 15) is 22.8 Å². The van der Waals surface area contributed by atoms with Crippen molar-refractivity contribution in [3.05, 3.63) is 0 Å². The summed E-state index contributed by atoms with van der Waals surface area (Å²) in [4.78, 5) is 22.8. The molecule has 0 bridgehead atoms. The van der Waals surface area contributed by atoms with E-state index in [1.54, 1.807) is 0 Å². The molecule has 2 unspecified atom stereocenters. The summed E-state index contributed by atoms with van der Waals surface area (Å²) < 4.78 is 36.9. The van der Waals surface area contributed by atoms with E-state index >= 15 is 0 Å². The largest absolute Gasteiger partial charge is 0.480 e. The van der Waals surface area contributed by atoms with Crippen molar-refractivity contribution in [2.24, 2.45) is 17.8 Å². The molecule has 1 amide bonds. The van der Waals surface area contributed by atoms with Gasteiger partial charge in [0.25, 0.3) is 0 Å². The van der Waals surface area contributed by atoms with Crippen LogP contribution >= 0.6 is 0 Å². The van der Waals surface area contributed by atoms with Crippen molar-refractivity contribution in [2.75, 3.05) is 13.1 Å². The third-order valence-electron chi connectivity index (χ3n) is 3.60. The van der Waals surface area contributed by atoms with Gasteiger partial charge in [-0.1, -0.05) is 0 Å². The number of fused-ring (bicyclic) bond motifs is 1. The van der Waals surface area contributed by atoms with E-state index in [-0.39, 0.29) is 0 Å². The lowest BCUT2D eigenvalue weighted by Crippen LogP contribution is -2.44. The van der Waals surface area contributed by atoms with Gasteiger partial charge in [-0.2, -0.15) is 13.2 Å². The van der Waals surface area contributed by atoms with Crippen LogP contribution in [0.25, 0.3) is 0 Å². The molecule has 18 heavy (non-hydrogen) atoms. The van der Waals surface area contributed by atoms with Gasteiger partial charge < -0.3 is 10.0 Å². The SMILES string of the molecule is O=C(O)CN(CC(F)(F)F)C(=O)C1CC2CC2C1. The summed E-state index contributed by atoms with van der Waals surface area (Å²) in [5.74, 6) is -1.57. The van der Waals surface area contributed by atoms with Crippen molar-refractivity contribution < 1.29 is 27.9 Å². The Labute approximate surface area is 102 Å². The molecule has 2 atom stereocenters. The van der Waals surface area contributed by atoms with E-state index in [4.69, 9.17) is 5.11 Å². The van der Waals surface area contributed by atoms with E-state index in [0.717, 1.165) is 6.42 Å². The number of aliphatic carboxylic acids is 1. The number of amides is 1. The molecule has 0 aromatic carbocycles. The van der Waals surface area contributed by atoms with Gasteiger partial charge in [0.15, 0.2) is 0 Å². The highest BCUT2D eigenvalue weighted by Crippen LogP contribution is 2.54. The summed E-state index contributed by atoms with van der Waals surface area (Å²) >= 11 is 0. The Hall–Kier alpha value is -1.27. The molecule has 2 rings (SSSR count). The Balaban J connectivity index is 1.98. The molecule has 0 aromatic rings. The van der Waals surface area contributed by atoms with Gasteiger partial charge >= 0.3 is 12.1 Å². The number of nitrogens with zero attached hydrogens (tertiary/aromatic N) is 1. The van der Waals surface area contributed by atoms with Crippen molar-refractivity contribution >= 4 is 11.9 Å². The first-order valence-corrected chi connectivity index (χ1v) is 5.83. The van der Waals surface area contributed by atoms with Crippen LogP contribution in [0, 0.1) is 17.8 Å². The minimum Gasteiger partial charge on any atom is -0.480 e. The lowest BCUT2D eigenvalue weighted by molar-refractivity contribution is -0.168. The number of alkyl halides is 3. The topological polar surface area (TPSA) is 57.6 Å². The third kappa shape index (κ3) is 3.14. The van der Waals surface area contributed by atoms with Gasteiger partial charge in [0.2, 0.25) is 5.91 Å². The molecule has 4 nitrogen and oxygen atoms in total. The molecule has 7 heteroatoms. The molecule has 1 N–H and O–H groups in total. The fourth-order valence-corrected chi connectivity index (χ4v) is 2.77. The molecular weight excluding hydrogens is 251 g/mol. The van der Waals surface area contributed by atoms with Gasteiger partial charge in [0, 0.05) is 5.92 Å². The van der Waals surface area contributed by atoms with E-state index in [2.05, 4.69) is 0 Å². The van der Waals surface area contributed by atoms with Crippen LogP contribution in [0.3, 0.4) is 0 Å². The molecule has 0 aliphatic heterocycles. The summed E-state index contributed by atoms with van der Waals surface area (Å²) in [5.41, 5.74) is 0. The van der Waals surface area contributed by atoms with E-state index < -0.39 is 37.1 Å². The molecule has 102 valence electrons. The predicted octanol–water partition coefficient (Wildman–Crippen LogP) is 1.51. The van der Waals surface area contributed by atoms with Gasteiger partial charge in [-0.3, -0.25) is 9.59 Å². The Kier molecular flexibility index (Phi) is 3.25. The fourth-order valence-electron chi connectivity index (χ4n) is 2.77. The van der Waals surface area contributed by atoms with E-state index in [1.807, 2.05) is 0 Å². The average Bonchev–Trinajstić information content (AvgIpc) is 2.81. The van der Waals surface area contributed by atoms with E-state index in [0.29, 0.717) is 29.6 Å². The molecular formula is C11H14F3NO3. The van der Waals surface area contributed by atoms with Crippen LogP contribution in [-0.4, -0.2) is 41.1 Å². The van der Waals surface area contributed by atoms with Gasteiger partial charge in [-0.15, -0.1) is 0 Å². The summed E-state index contributed by atoms with van der Waals surface area (Å²) in [6, 6.07) is 0. The van der Waals surface area contributed by atoms with Gasteiger partial charge in [0.05, 0.1) is 0 Å². The first-order valence-electron chi connectivity index (χ1n) is 5.83. The maximum absolute atomic E-state index is 12.3. The second-order valence-corrected chi connectivity index (χ2v) is 5.13. The molecule has 0 spiro atoms. The third-order valence-corrected chi connectivity index (χ3v) is 3.60. The number of hydrogen-bond donors (Lipinski definition) is 1. The lowest BCUT2D eigenvalue weighted by Gasteiger charge is -2.25. The maximum Gasteiger partial charge on any atom is 0.406 e.